The van der Waals surface area contributed by atoms with Crippen LogP contribution in [0.25, 0.3) is 0 Å². The highest BCUT2D eigenvalue weighted by Gasteiger charge is 2.36. The van der Waals surface area contributed by atoms with E-state index in [2.05, 4.69) is 43.4 Å². The van der Waals surface area contributed by atoms with Crippen LogP contribution in [-0.2, 0) is 4.74 Å². The molecule has 2 atom stereocenters. The van der Waals surface area contributed by atoms with Crippen LogP contribution in [0.1, 0.15) is 36.8 Å². The summed E-state index contributed by atoms with van der Waals surface area (Å²) in [4.78, 5) is 0. The molecule has 1 N–H and O–H groups in total. The second-order valence-electron chi connectivity index (χ2n) is 5.81. The fourth-order valence-corrected chi connectivity index (χ4v) is 2.99. The molecule has 1 aromatic rings. The van der Waals surface area contributed by atoms with Gasteiger partial charge in [0.05, 0.1) is 0 Å². The lowest BCUT2D eigenvalue weighted by atomic mass is 9.67. The van der Waals surface area contributed by atoms with E-state index >= 15 is 0 Å². The van der Waals surface area contributed by atoms with Gasteiger partial charge in [0.15, 0.2) is 0 Å². The van der Waals surface area contributed by atoms with Gasteiger partial charge in [-0.2, -0.15) is 0 Å². The highest BCUT2D eigenvalue weighted by molar-refractivity contribution is 5.27. The summed E-state index contributed by atoms with van der Waals surface area (Å²) in [6.07, 6.45) is 2.37. The molecule has 2 rings (SSSR count). The van der Waals surface area contributed by atoms with Gasteiger partial charge in [-0.25, -0.2) is 0 Å². The zero-order valence-corrected chi connectivity index (χ0v) is 11.8. The quantitative estimate of drug-likeness (QED) is 0.882. The number of hydrogen-bond donors (Lipinski definition) is 1. The third-order valence-electron chi connectivity index (χ3n) is 4.42. The number of benzene rings is 1. The molecule has 1 aliphatic heterocycles. The van der Waals surface area contributed by atoms with E-state index in [1.54, 1.807) is 7.11 Å². The molecule has 2 unspecified atom stereocenters. The lowest BCUT2D eigenvalue weighted by Gasteiger charge is -2.42. The molecule has 1 fully saturated rings. The van der Waals surface area contributed by atoms with Crippen LogP contribution < -0.4 is 5.32 Å². The predicted molar refractivity (Wildman–Crippen MR) is 76.0 cm³/mol. The van der Waals surface area contributed by atoms with Crippen LogP contribution in [0.5, 0.6) is 0 Å². The maximum absolute atomic E-state index is 5.29. The van der Waals surface area contributed by atoms with Gasteiger partial charge in [0.25, 0.3) is 0 Å². The third kappa shape index (κ3) is 2.93. The van der Waals surface area contributed by atoms with Crippen molar-refractivity contribution in [2.24, 2.45) is 5.41 Å². The maximum atomic E-state index is 5.29. The smallest absolute Gasteiger partial charge is 0.0467 e. The van der Waals surface area contributed by atoms with Gasteiger partial charge in [-0.15, -0.1) is 0 Å². The molecule has 18 heavy (non-hydrogen) atoms. The van der Waals surface area contributed by atoms with Crippen LogP contribution in [0, 0.1) is 12.3 Å². The van der Waals surface area contributed by atoms with Gasteiger partial charge in [-0.1, -0.05) is 36.8 Å². The van der Waals surface area contributed by atoms with Gasteiger partial charge in [0, 0.05) is 26.2 Å². The molecule has 1 saturated heterocycles. The normalized spacial score (nSPS) is 28.3. The Morgan fingerprint density at radius 2 is 2.06 bits per heavy atom. The van der Waals surface area contributed by atoms with Crippen molar-refractivity contribution in [3.63, 3.8) is 0 Å². The lowest BCUT2D eigenvalue weighted by Crippen LogP contribution is -2.42. The SMILES string of the molecule is COCCC1(C)CCNCC1c1ccc(C)cc1. The Kier molecular flexibility index (Phi) is 4.41. The third-order valence-corrected chi connectivity index (χ3v) is 4.42. The molecule has 2 nitrogen and oxygen atoms in total. The van der Waals surface area contributed by atoms with E-state index in [1.165, 1.54) is 17.5 Å². The van der Waals surface area contributed by atoms with Gasteiger partial charge in [-0.3, -0.25) is 0 Å². The van der Waals surface area contributed by atoms with Crippen LogP contribution in [0.3, 0.4) is 0 Å². The van der Waals surface area contributed by atoms with E-state index in [-0.39, 0.29) is 0 Å². The molecule has 100 valence electrons. The summed E-state index contributed by atoms with van der Waals surface area (Å²) in [7, 11) is 1.80. The second kappa shape index (κ2) is 5.85. The minimum atomic E-state index is 0.358. The number of methoxy groups -OCH3 is 1. The summed E-state index contributed by atoms with van der Waals surface area (Å²) >= 11 is 0. The van der Waals surface area contributed by atoms with Gasteiger partial charge in [0.1, 0.15) is 0 Å². The zero-order valence-electron chi connectivity index (χ0n) is 11.8. The summed E-state index contributed by atoms with van der Waals surface area (Å²) in [5, 5.41) is 3.54. The molecule has 0 bridgehead atoms. The van der Waals surface area contributed by atoms with Crippen molar-refractivity contribution in [3.05, 3.63) is 35.4 Å². The molecule has 1 aromatic carbocycles. The van der Waals surface area contributed by atoms with Crippen LogP contribution >= 0.6 is 0 Å². The molecular formula is C16H25NO. The minimum Gasteiger partial charge on any atom is -0.385 e. The average Bonchev–Trinajstić information content (AvgIpc) is 2.38. The van der Waals surface area contributed by atoms with E-state index in [1.807, 2.05) is 0 Å². The molecule has 0 radical (unpaired) electrons. The van der Waals surface area contributed by atoms with Crippen LogP contribution in [-0.4, -0.2) is 26.8 Å². The number of ether oxygens (including phenoxy) is 1. The number of piperidine rings is 1. The summed E-state index contributed by atoms with van der Waals surface area (Å²) < 4.78 is 5.29. The summed E-state index contributed by atoms with van der Waals surface area (Å²) in [6.45, 7) is 7.63. The van der Waals surface area contributed by atoms with Gasteiger partial charge in [0.2, 0.25) is 0 Å². The Bertz CT molecular complexity index is 373. The molecule has 0 aromatic heterocycles. The van der Waals surface area contributed by atoms with Crippen molar-refractivity contribution in [2.45, 2.75) is 32.6 Å². The van der Waals surface area contributed by atoms with Crippen molar-refractivity contribution < 1.29 is 4.74 Å². The van der Waals surface area contributed by atoms with Gasteiger partial charge in [-0.05, 0) is 37.3 Å². The Labute approximate surface area is 111 Å². The first kappa shape index (κ1) is 13.6. The monoisotopic (exact) mass is 247 g/mol. The van der Waals surface area contributed by atoms with Crippen molar-refractivity contribution >= 4 is 0 Å². The molecule has 0 spiro atoms. The fraction of sp³-hybridized carbons (Fsp3) is 0.625. The predicted octanol–water partition coefficient (Wildman–Crippen LogP) is 3.11. The minimum absolute atomic E-state index is 0.358. The highest BCUT2D eigenvalue weighted by atomic mass is 16.5. The average molecular weight is 247 g/mol. The van der Waals surface area contributed by atoms with E-state index in [0.29, 0.717) is 11.3 Å². The topological polar surface area (TPSA) is 21.3 Å². The molecule has 0 amide bonds. The first-order valence-corrected chi connectivity index (χ1v) is 6.92. The Hall–Kier alpha value is -0.860. The van der Waals surface area contributed by atoms with Crippen LogP contribution in [0.2, 0.25) is 0 Å². The van der Waals surface area contributed by atoms with Crippen molar-refractivity contribution in [1.82, 2.24) is 5.32 Å². The lowest BCUT2D eigenvalue weighted by molar-refractivity contribution is 0.104. The summed E-state index contributed by atoms with van der Waals surface area (Å²) in [5.74, 6) is 0.599. The number of nitrogens with one attached hydrogen (secondary N) is 1. The Morgan fingerprint density at radius 3 is 2.72 bits per heavy atom. The van der Waals surface area contributed by atoms with E-state index in [4.69, 9.17) is 4.74 Å². The standard InChI is InChI=1S/C16H25NO/c1-13-4-6-14(7-5-13)15-12-17-10-8-16(15,2)9-11-18-3/h4-7,15,17H,8-12H2,1-3H3. The maximum Gasteiger partial charge on any atom is 0.0467 e. The van der Waals surface area contributed by atoms with E-state index < -0.39 is 0 Å². The van der Waals surface area contributed by atoms with Crippen molar-refractivity contribution in [2.75, 3.05) is 26.8 Å². The number of hydrogen-bond acceptors (Lipinski definition) is 2. The van der Waals surface area contributed by atoms with Crippen LogP contribution in [0.4, 0.5) is 0 Å². The summed E-state index contributed by atoms with van der Waals surface area (Å²) in [5.41, 5.74) is 3.16. The second-order valence-corrected chi connectivity index (χ2v) is 5.81. The molecule has 0 saturated carbocycles. The molecule has 2 heteroatoms. The van der Waals surface area contributed by atoms with E-state index in [9.17, 15) is 0 Å². The zero-order chi connectivity index (χ0) is 13.0. The molecule has 0 aliphatic carbocycles. The van der Waals surface area contributed by atoms with Crippen molar-refractivity contribution in [1.29, 1.82) is 0 Å². The van der Waals surface area contributed by atoms with Crippen molar-refractivity contribution in [3.8, 4) is 0 Å². The Morgan fingerprint density at radius 1 is 1.33 bits per heavy atom. The molecular weight excluding hydrogens is 222 g/mol. The van der Waals surface area contributed by atoms with Crippen LogP contribution in [0.15, 0.2) is 24.3 Å². The molecule has 1 aliphatic rings. The molecule has 1 heterocycles. The summed E-state index contributed by atoms with van der Waals surface area (Å²) in [6, 6.07) is 9.03. The van der Waals surface area contributed by atoms with Gasteiger partial charge >= 0.3 is 0 Å². The number of aryl methyl sites for hydroxylation is 1. The van der Waals surface area contributed by atoms with E-state index in [0.717, 1.165) is 26.1 Å². The highest BCUT2D eigenvalue weighted by Crippen LogP contribution is 2.43. The Balaban J connectivity index is 2.19. The fourth-order valence-electron chi connectivity index (χ4n) is 2.99. The van der Waals surface area contributed by atoms with Gasteiger partial charge < -0.3 is 10.1 Å². The largest absolute Gasteiger partial charge is 0.385 e. The first-order chi connectivity index (χ1) is 8.65. The number of rotatable bonds is 4. The first-order valence-electron chi connectivity index (χ1n) is 6.92.